The molecule has 0 aliphatic carbocycles. The smallest absolute Gasteiger partial charge is 0.201 e. The molecule has 1 aromatic heterocycles. The largest absolute Gasteiger partial charge is 0.489 e. The summed E-state index contributed by atoms with van der Waals surface area (Å²) in [7, 11) is 2.16. The Bertz CT molecular complexity index is 634. The summed E-state index contributed by atoms with van der Waals surface area (Å²) in [5.41, 5.74) is 8.15. The minimum absolute atomic E-state index is 0.128. The molecule has 2 N–H and O–H groups in total. The Kier molecular flexibility index (Phi) is 3.76. The van der Waals surface area contributed by atoms with Crippen molar-refractivity contribution in [3.05, 3.63) is 18.2 Å². The number of ether oxygens (including phenoxy) is 1. The normalized spacial score (nSPS) is 20.3. The van der Waals surface area contributed by atoms with Gasteiger partial charge in [-0.25, -0.2) is 4.98 Å². The van der Waals surface area contributed by atoms with Crippen LogP contribution in [-0.2, 0) is 0 Å². The van der Waals surface area contributed by atoms with Crippen LogP contribution in [0.15, 0.2) is 18.2 Å². The molecule has 0 amide bonds. The average Bonchev–Trinajstić information content (AvgIpc) is 2.75. The lowest BCUT2D eigenvalue weighted by molar-refractivity contribution is 0.216. The highest BCUT2D eigenvalue weighted by Crippen LogP contribution is 2.33. The highest BCUT2D eigenvalue weighted by molar-refractivity contribution is 5.84. The second kappa shape index (κ2) is 5.56. The van der Waals surface area contributed by atoms with Gasteiger partial charge in [0.25, 0.3) is 0 Å². The topological polar surface area (TPSA) is 56.3 Å². The summed E-state index contributed by atoms with van der Waals surface area (Å²) >= 11 is 0. The zero-order chi connectivity index (χ0) is 15.0. The summed E-state index contributed by atoms with van der Waals surface area (Å²) in [5, 5.41) is 0. The van der Waals surface area contributed by atoms with E-state index in [2.05, 4.69) is 27.6 Å². The van der Waals surface area contributed by atoms with Crippen molar-refractivity contribution in [2.24, 2.45) is 0 Å². The number of imidazole rings is 1. The van der Waals surface area contributed by atoms with E-state index in [-0.39, 0.29) is 6.10 Å². The van der Waals surface area contributed by atoms with Crippen LogP contribution in [0.4, 0.5) is 5.95 Å². The summed E-state index contributed by atoms with van der Waals surface area (Å²) < 4.78 is 8.04. The first kappa shape index (κ1) is 14.2. The first-order valence-electron chi connectivity index (χ1n) is 7.68. The van der Waals surface area contributed by atoms with Gasteiger partial charge in [-0.3, -0.25) is 0 Å². The van der Waals surface area contributed by atoms with Crippen LogP contribution in [0.5, 0.6) is 5.75 Å². The Hall–Kier alpha value is -1.75. The van der Waals surface area contributed by atoms with Gasteiger partial charge < -0.3 is 19.9 Å². The number of para-hydroxylation sites is 1. The fourth-order valence-corrected chi connectivity index (χ4v) is 3.19. The minimum atomic E-state index is 0.128. The molecular weight excluding hydrogens is 264 g/mol. The van der Waals surface area contributed by atoms with Crippen LogP contribution in [0.1, 0.15) is 32.7 Å². The van der Waals surface area contributed by atoms with Crippen LogP contribution in [0.2, 0.25) is 0 Å². The molecule has 1 aromatic carbocycles. The van der Waals surface area contributed by atoms with Gasteiger partial charge in [-0.1, -0.05) is 6.07 Å². The summed E-state index contributed by atoms with van der Waals surface area (Å²) in [6.45, 7) is 6.22. The Balaban J connectivity index is 2.05. The molecule has 0 spiro atoms. The van der Waals surface area contributed by atoms with Gasteiger partial charge in [-0.2, -0.15) is 0 Å². The third-order valence-corrected chi connectivity index (χ3v) is 4.04. The van der Waals surface area contributed by atoms with E-state index in [1.165, 1.54) is 6.42 Å². The van der Waals surface area contributed by atoms with E-state index in [0.717, 1.165) is 36.3 Å². The number of aromatic nitrogens is 2. The Morgan fingerprint density at radius 3 is 2.90 bits per heavy atom. The third-order valence-electron chi connectivity index (χ3n) is 4.04. The van der Waals surface area contributed by atoms with Crippen molar-refractivity contribution in [1.82, 2.24) is 14.5 Å². The predicted molar refractivity (Wildman–Crippen MR) is 85.7 cm³/mol. The second-order valence-electron chi connectivity index (χ2n) is 6.19. The van der Waals surface area contributed by atoms with Crippen LogP contribution in [0.25, 0.3) is 11.0 Å². The SMILES string of the molecule is CC(C)Oc1cccc2c1nc(N)n2C1CCCN(C)C1. The van der Waals surface area contributed by atoms with Gasteiger partial charge in [0.05, 0.1) is 11.6 Å². The molecule has 1 atom stereocenters. The second-order valence-corrected chi connectivity index (χ2v) is 6.19. The molecule has 3 rings (SSSR count). The van der Waals surface area contributed by atoms with Gasteiger partial charge in [0.15, 0.2) is 0 Å². The number of hydrogen-bond acceptors (Lipinski definition) is 4. The van der Waals surface area contributed by atoms with E-state index in [1.54, 1.807) is 0 Å². The number of likely N-dealkylation sites (N-methyl/N-ethyl adjacent to an activating group) is 1. The van der Waals surface area contributed by atoms with Crippen LogP contribution in [-0.4, -0.2) is 40.7 Å². The molecule has 5 heteroatoms. The lowest BCUT2D eigenvalue weighted by atomic mass is 10.1. The number of fused-ring (bicyclic) bond motifs is 1. The predicted octanol–water partition coefficient (Wildman–Crippen LogP) is 2.67. The van der Waals surface area contributed by atoms with Gasteiger partial charge in [-0.05, 0) is 52.4 Å². The van der Waals surface area contributed by atoms with Gasteiger partial charge in [0, 0.05) is 12.6 Å². The molecule has 1 aliphatic heterocycles. The van der Waals surface area contributed by atoms with Crippen molar-refractivity contribution in [2.75, 3.05) is 25.9 Å². The zero-order valence-electron chi connectivity index (χ0n) is 13.0. The fourth-order valence-electron chi connectivity index (χ4n) is 3.19. The molecule has 2 aromatic rings. The molecule has 1 unspecified atom stereocenters. The maximum Gasteiger partial charge on any atom is 0.201 e. The Morgan fingerprint density at radius 1 is 1.38 bits per heavy atom. The van der Waals surface area contributed by atoms with Crippen molar-refractivity contribution < 1.29 is 4.74 Å². The number of nitrogens with two attached hydrogens (primary N) is 1. The number of benzene rings is 1. The molecular formula is C16H24N4O. The van der Waals surface area contributed by atoms with Crippen molar-refractivity contribution in [1.29, 1.82) is 0 Å². The summed E-state index contributed by atoms with van der Waals surface area (Å²) in [5.74, 6) is 1.40. The standard InChI is InChI=1S/C16H24N4O/c1-11(2)21-14-8-4-7-13-15(14)18-16(17)20(13)12-6-5-9-19(3)10-12/h4,7-8,11-12H,5-6,9-10H2,1-3H3,(H2,17,18). The molecule has 21 heavy (non-hydrogen) atoms. The summed E-state index contributed by atoms with van der Waals surface area (Å²) in [6.07, 6.45) is 2.47. The van der Waals surface area contributed by atoms with E-state index >= 15 is 0 Å². The number of hydrogen-bond donors (Lipinski definition) is 1. The van der Waals surface area contributed by atoms with Crippen molar-refractivity contribution in [3.63, 3.8) is 0 Å². The van der Waals surface area contributed by atoms with Crippen molar-refractivity contribution in [2.45, 2.75) is 38.8 Å². The van der Waals surface area contributed by atoms with E-state index < -0.39 is 0 Å². The Morgan fingerprint density at radius 2 is 2.19 bits per heavy atom. The number of piperidine rings is 1. The maximum atomic E-state index is 6.21. The number of likely N-dealkylation sites (tertiary alicyclic amines) is 1. The molecule has 1 aliphatic rings. The molecule has 114 valence electrons. The van der Waals surface area contributed by atoms with E-state index in [9.17, 15) is 0 Å². The monoisotopic (exact) mass is 288 g/mol. The minimum Gasteiger partial charge on any atom is -0.489 e. The van der Waals surface area contributed by atoms with Gasteiger partial charge in [0.1, 0.15) is 11.3 Å². The summed E-state index contributed by atoms with van der Waals surface area (Å²) in [4.78, 5) is 6.92. The lowest BCUT2D eigenvalue weighted by Gasteiger charge is -2.31. The van der Waals surface area contributed by atoms with Crippen LogP contribution < -0.4 is 10.5 Å². The number of nitrogens with zero attached hydrogens (tertiary/aromatic N) is 3. The van der Waals surface area contributed by atoms with Gasteiger partial charge in [-0.15, -0.1) is 0 Å². The lowest BCUT2D eigenvalue weighted by Crippen LogP contribution is -2.33. The number of anilines is 1. The van der Waals surface area contributed by atoms with Crippen LogP contribution in [0.3, 0.4) is 0 Å². The van der Waals surface area contributed by atoms with Crippen LogP contribution in [0, 0.1) is 0 Å². The highest BCUT2D eigenvalue weighted by atomic mass is 16.5. The molecule has 5 nitrogen and oxygen atoms in total. The quantitative estimate of drug-likeness (QED) is 0.943. The number of rotatable bonds is 3. The third kappa shape index (κ3) is 2.70. The first-order chi connectivity index (χ1) is 10.1. The zero-order valence-corrected chi connectivity index (χ0v) is 13.0. The van der Waals surface area contributed by atoms with Crippen molar-refractivity contribution >= 4 is 17.0 Å². The molecule has 2 heterocycles. The highest BCUT2D eigenvalue weighted by Gasteiger charge is 2.23. The molecule has 0 radical (unpaired) electrons. The Labute approximate surface area is 125 Å². The van der Waals surface area contributed by atoms with Gasteiger partial charge >= 0.3 is 0 Å². The molecule has 0 bridgehead atoms. The first-order valence-corrected chi connectivity index (χ1v) is 7.68. The van der Waals surface area contributed by atoms with Gasteiger partial charge in [0.2, 0.25) is 5.95 Å². The van der Waals surface area contributed by atoms with E-state index in [0.29, 0.717) is 12.0 Å². The van der Waals surface area contributed by atoms with E-state index in [4.69, 9.17) is 10.5 Å². The van der Waals surface area contributed by atoms with E-state index in [1.807, 2.05) is 26.0 Å². The fraction of sp³-hybridized carbons (Fsp3) is 0.562. The summed E-state index contributed by atoms with van der Waals surface area (Å²) in [6, 6.07) is 6.46. The molecule has 0 saturated carbocycles. The number of nitrogen functional groups attached to an aromatic ring is 1. The molecule has 1 fully saturated rings. The maximum absolute atomic E-state index is 6.21. The molecule has 1 saturated heterocycles. The van der Waals surface area contributed by atoms with Crippen LogP contribution >= 0.6 is 0 Å². The van der Waals surface area contributed by atoms with Crippen molar-refractivity contribution in [3.8, 4) is 5.75 Å². The average molecular weight is 288 g/mol.